The molecule has 0 spiro atoms. The number of aryl methyl sites for hydroxylation is 1. The lowest BCUT2D eigenvalue weighted by Gasteiger charge is -2.33. The molecule has 0 bridgehead atoms. The quantitative estimate of drug-likeness (QED) is 0.648. The second kappa shape index (κ2) is 8.78. The summed E-state index contributed by atoms with van der Waals surface area (Å²) in [6, 6.07) is 9.72. The number of anilines is 2. The van der Waals surface area contributed by atoms with Gasteiger partial charge in [-0.15, -0.1) is 11.3 Å². The van der Waals surface area contributed by atoms with E-state index in [1.54, 1.807) is 17.7 Å². The van der Waals surface area contributed by atoms with Crippen LogP contribution in [-0.4, -0.2) is 35.6 Å². The second-order valence-corrected chi connectivity index (χ2v) is 8.33. The average molecular weight is 411 g/mol. The van der Waals surface area contributed by atoms with Gasteiger partial charge in [-0.3, -0.25) is 4.79 Å². The monoisotopic (exact) mass is 410 g/mol. The summed E-state index contributed by atoms with van der Waals surface area (Å²) in [6.07, 6.45) is 4.49. The van der Waals surface area contributed by atoms with Gasteiger partial charge in [0.25, 0.3) is 0 Å². The van der Waals surface area contributed by atoms with Crippen LogP contribution in [0.1, 0.15) is 31.6 Å². The molecule has 152 valence electrons. The number of hydrogen-bond donors (Lipinski definition) is 1. The van der Waals surface area contributed by atoms with Gasteiger partial charge in [0.05, 0.1) is 17.9 Å². The van der Waals surface area contributed by atoms with Crippen LogP contribution in [0, 0.1) is 5.92 Å². The fourth-order valence-corrected chi connectivity index (χ4v) is 4.68. The van der Waals surface area contributed by atoms with Gasteiger partial charge in [0.1, 0.15) is 22.7 Å². The van der Waals surface area contributed by atoms with Gasteiger partial charge in [0, 0.05) is 23.7 Å². The van der Waals surface area contributed by atoms with Crippen LogP contribution in [0.3, 0.4) is 0 Å². The number of rotatable bonds is 6. The molecule has 3 heterocycles. The molecule has 1 saturated heterocycles. The lowest BCUT2D eigenvalue weighted by atomic mass is 9.97. The molecule has 0 radical (unpaired) electrons. The van der Waals surface area contributed by atoms with Crippen molar-refractivity contribution in [3.05, 3.63) is 41.5 Å². The minimum Gasteiger partial charge on any atom is -0.494 e. The number of hydrogen-bond acceptors (Lipinski definition) is 6. The molecule has 0 unspecified atom stereocenters. The smallest absolute Gasteiger partial charge is 0.229 e. The maximum absolute atomic E-state index is 12.9. The molecular weight excluding hydrogens is 384 g/mol. The second-order valence-electron chi connectivity index (χ2n) is 7.21. The number of aromatic nitrogens is 2. The first kappa shape index (κ1) is 19.6. The van der Waals surface area contributed by atoms with Crippen molar-refractivity contribution >= 4 is 39.0 Å². The third-order valence-electron chi connectivity index (χ3n) is 5.23. The largest absolute Gasteiger partial charge is 0.494 e. The topological polar surface area (TPSA) is 67.3 Å². The number of amides is 1. The highest BCUT2D eigenvalue weighted by atomic mass is 32.1. The molecule has 1 aliphatic rings. The van der Waals surface area contributed by atoms with Gasteiger partial charge in [-0.05, 0) is 56.5 Å². The SMILES string of the molecule is CCOc1ccc(NC(=O)[C@H]2CCCN(c3ncnc4sc(CC)cc34)C2)cc1. The fourth-order valence-electron chi connectivity index (χ4n) is 3.75. The third-order valence-corrected chi connectivity index (χ3v) is 6.42. The van der Waals surface area contributed by atoms with Gasteiger partial charge in [-0.2, -0.15) is 0 Å². The van der Waals surface area contributed by atoms with E-state index in [4.69, 9.17) is 4.74 Å². The number of fused-ring (bicyclic) bond motifs is 1. The molecule has 2 aromatic heterocycles. The van der Waals surface area contributed by atoms with Crippen LogP contribution in [0.25, 0.3) is 10.2 Å². The van der Waals surface area contributed by atoms with E-state index in [1.807, 2.05) is 31.2 Å². The van der Waals surface area contributed by atoms with E-state index in [1.165, 1.54) is 4.88 Å². The van der Waals surface area contributed by atoms with Crippen molar-refractivity contribution in [1.29, 1.82) is 0 Å². The van der Waals surface area contributed by atoms with E-state index in [0.717, 1.165) is 53.3 Å². The number of piperidine rings is 1. The predicted molar refractivity (Wildman–Crippen MR) is 118 cm³/mol. The van der Waals surface area contributed by atoms with E-state index in [2.05, 4.69) is 33.2 Å². The van der Waals surface area contributed by atoms with Crippen molar-refractivity contribution in [2.75, 3.05) is 29.9 Å². The average Bonchev–Trinajstić information content (AvgIpc) is 3.19. The minimum absolute atomic E-state index is 0.0590. The Labute approximate surface area is 174 Å². The minimum atomic E-state index is -0.0652. The van der Waals surface area contributed by atoms with Gasteiger partial charge in [-0.1, -0.05) is 6.92 Å². The summed E-state index contributed by atoms with van der Waals surface area (Å²) in [5.74, 6) is 1.75. The molecule has 1 aromatic carbocycles. The van der Waals surface area contributed by atoms with Gasteiger partial charge in [0.2, 0.25) is 5.91 Å². The molecule has 1 N–H and O–H groups in total. The van der Waals surface area contributed by atoms with Crippen molar-refractivity contribution in [2.45, 2.75) is 33.1 Å². The Kier molecular flexibility index (Phi) is 5.94. The Bertz CT molecular complexity index is 986. The lowest BCUT2D eigenvalue weighted by molar-refractivity contribution is -0.120. The maximum atomic E-state index is 12.9. The lowest BCUT2D eigenvalue weighted by Crippen LogP contribution is -2.41. The first-order valence-electron chi connectivity index (χ1n) is 10.2. The highest BCUT2D eigenvalue weighted by molar-refractivity contribution is 7.18. The normalized spacial score (nSPS) is 16.8. The number of carbonyl (C=O) groups is 1. The Morgan fingerprint density at radius 3 is 2.86 bits per heavy atom. The molecule has 1 amide bonds. The summed E-state index contributed by atoms with van der Waals surface area (Å²) in [6.45, 7) is 6.32. The molecule has 3 aromatic rings. The van der Waals surface area contributed by atoms with E-state index < -0.39 is 0 Å². The molecule has 0 aliphatic carbocycles. The zero-order valence-electron chi connectivity index (χ0n) is 16.9. The third kappa shape index (κ3) is 4.34. The number of benzene rings is 1. The first-order chi connectivity index (χ1) is 14.2. The Hall–Kier alpha value is -2.67. The fraction of sp³-hybridized carbons (Fsp3) is 0.409. The van der Waals surface area contributed by atoms with Crippen LogP contribution < -0.4 is 15.0 Å². The van der Waals surface area contributed by atoms with Gasteiger partial charge in [0.15, 0.2) is 0 Å². The molecule has 7 heteroatoms. The van der Waals surface area contributed by atoms with Crippen LogP contribution in [0.4, 0.5) is 11.5 Å². The molecule has 0 saturated carbocycles. The predicted octanol–water partition coefficient (Wildman–Crippen LogP) is 4.51. The van der Waals surface area contributed by atoms with Crippen LogP contribution in [0.15, 0.2) is 36.7 Å². The zero-order valence-corrected chi connectivity index (χ0v) is 17.7. The number of thiophene rings is 1. The van der Waals surface area contributed by atoms with E-state index in [-0.39, 0.29) is 11.8 Å². The summed E-state index contributed by atoms with van der Waals surface area (Å²) >= 11 is 1.72. The van der Waals surface area contributed by atoms with Gasteiger partial charge >= 0.3 is 0 Å². The number of carbonyl (C=O) groups excluding carboxylic acids is 1. The van der Waals surface area contributed by atoms with Crippen molar-refractivity contribution in [1.82, 2.24) is 9.97 Å². The Morgan fingerprint density at radius 2 is 2.10 bits per heavy atom. The van der Waals surface area contributed by atoms with Gasteiger partial charge in [-0.25, -0.2) is 9.97 Å². The number of nitrogens with zero attached hydrogens (tertiary/aromatic N) is 3. The van der Waals surface area contributed by atoms with Crippen molar-refractivity contribution in [3.63, 3.8) is 0 Å². The molecule has 4 rings (SSSR count). The highest BCUT2D eigenvalue weighted by Crippen LogP contribution is 2.32. The van der Waals surface area contributed by atoms with Crippen molar-refractivity contribution in [2.24, 2.45) is 5.92 Å². The van der Waals surface area contributed by atoms with Crippen molar-refractivity contribution < 1.29 is 9.53 Å². The first-order valence-corrected chi connectivity index (χ1v) is 11.0. The van der Waals surface area contributed by atoms with Crippen LogP contribution in [0.5, 0.6) is 5.75 Å². The van der Waals surface area contributed by atoms with Crippen LogP contribution in [-0.2, 0) is 11.2 Å². The van der Waals surface area contributed by atoms with Crippen LogP contribution in [0.2, 0.25) is 0 Å². The molecule has 1 aliphatic heterocycles. The Balaban J connectivity index is 1.47. The summed E-state index contributed by atoms with van der Waals surface area (Å²) in [4.78, 5) is 26.4. The van der Waals surface area contributed by atoms with Crippen LogP contribution >= 0.6 is 11.3 Å². The summed E-state index contributed by atoms with van der Waals surface area (Å²) < 4.78 is 5.46. The standard InChI is InChI=1S/C22H26N4O2S/c1-3-18-12-19-20(23-14-24-22(19)29-18)26-11-5-6-15(13-26)21(27)25-16-7-9-17(10-8-16)28-4-2/h7-10,12,14-15H,3-6,11,13H2,1-2H3,(H,25,27)/t15-/m0/s1. The highest BCUT2D eigenvalue weighted by Gasteiger charge is 2.28. The molecule has 1 fully saturated rings. The van der Waals surface area contributed by atoms with E-state index >= 15 is 0 Å². The Morgan fingerprint density at radius 1 is 1.28 bits per heavy atom. The summed E-state index contributed by atoms with van der Waals surface area (Å²) in [5, 5.41) is 4.15. The molecule has 6 nitrogen and oxygen atoms in total. The van der Waals surface area contributed by atoms with E-state index in [9.17, 15) is 4.79 Å². The molecule has 29 heavy (non-hydrogen) atoms. The number of ether oxygens (including phenoxy) is 1. The van der Waals surface area contributed by atoms with Crippen molar-refractivity contribution in [3.8, 4) is 5.75 Å². The maximum Gasteiger partial charge on any atom is 0.229 e. The van der Waals surface area contributed by atoms with Gasteiger partial charge < -0.3 is 15.0 Å². The summed E-state index contributed by atoms with van der Waals surface area (Å²) in [7, 11) is 0. The number of nitrogens with one attached hydrogen (secondary N) is 1. The zero-order chi connectivity index (χ0) is 20.2. The summed E-state index contributed by atoms with van der Waals surface area (Å²) in [5.41, 5.74) is 0.797. The van der Waals surface area contributed by atoms with E-state index in [0.29, 0.717) is 13.2 Å². The molecular formula is C22H26N4O2S. The molecule has 1 atom stereocenters.